The van der Waals surface area contributed by atoms with Crippen molar-refractivity contribution in [3.05, 3.63) is 34.9 Å². The van der Waals surface area contributed by atoms with E-state index in [1.807, 2.05) is 12.1 Å². The fraction of sp³-hybridized carbons (Fsp3) is 0.571. The molecule has 3 heteroatoms. The lowest BCUT2D eigenvalue weighted by Crippen LogP contribution is -2.33. The van der Waals surface area contributed by atoms with E-state index in [0.29, 0.717) is 0 Å². The molecule has 17 heavy (non-hydrogen) atoms. The molecule has 0 atom stereocenters. The Kier molecular flexibility index (Phi) is 4.84. The van der Waals surface area contributed by atoms with E-state index in [2.05, 4.69) is 29.3 Å². The molecule has 1 N–H and O–H groups in total. The predicted octanol–water partition coefficient (Wildman–Crippen LogP) is 2.91. The summed E-state index contributed by atoms with van der Waals surface area (Å²) in [6.45, 7) is 6.58. The van der Waals surface area contributed by atoms with Crippen molar-refractivity contribution in [2.75, 3.05) is 19.6 Å². The summed E-state index contributed by atoms with van der Waals surface area (Å²) in [4.78, 5) is 2.56. The van der Waals surface area contributed by atoms with Crippen molar-refractivity contribution in [1.82, 2.24) is 10.2 Å². The lowest BCUT2D eigenvalue weighted by Gasteiger charge is -2.19. The smallest absolute Gasteiger partial charge is 0.0406 e. The first-order valence-corrected chi connectivity index (χ1v) is 6.86. The van der Waals surface area contributed by atoms with Crippen LogP contribution in [0, 0.1) is 0 Å². The molecule has 0 aliphatic heterocycles. The Bertz CT molecular complexity index is 333. The number of benzene rings is 1. The average Bonchev–Trinajstić information content (AvgIpc) is 3.16. The monoisotopic (exact) mass is 252 g/mol. The second kappa shape index (κ2) is 6.39. The molecule has 1 aliphatic rings. The third-order valence-electron chi connectivity index (χ3n) is 3.29. The number of halogens is 1. The molecule has 0 heterocycles. The van der Waals surface area contributed by atoms with E-state index >= 15 is 0 Å². The maximum Gasteiger partial charge on any atom is 0.0406 e. The van der Waals surface area contributed by atoms with E-state index < -0.39 is 0 Å². The van der Waals surface area contributed by atoms with Crippen LogP contribution in [0.25, 0.3) is 0 Å². The van der Waals surface area contributed by atoms with Gasteiger partial charge >= 0.3 is 0 Å². The van der Waals surface area contributed by atoms with Gasteiger partial charge in [0.05, 0.1) is 0 Å². The lowest BCUT2D eigenvalue weighted by atomic mass is 10.2. The molecule has 94 valence electrons. The van der Waals surface area contributed by atoms with Crippen LogP contribution in [0.3, 0.4) is 0 Å². The van der Waals surface area contributed by atoms with Crippen LogP contribution >= 0.6 is 11.6 Å². The Balaban J connectivity index is 1.63. The molecule has 1 saturated carbocycles. The highest BCUT2D eigenvalue weighted by Gasteiger charge is 2.26. The van der Waals surface area contributed by atoms with Gasteiger partial charge in [0, 0.05) is 30.7 Å². The van der Waals surface area contributed by atoms with Crippen LogP contribution < -0.4 is 5.32 Å². The molecule has 1 aliphatic carbocycles. The van der Waals surface area contributed by atoms with Gasteiger partial charge in [0.15, 0.2) is 0 Å². The quantitative estimate of drug-likeness (QED) is 0.751. The van der Waals surface area contributed by atoms with Gasteiger partial charge in [-0.3, -0.25) is 4.90 Å². The van der Waals surface area contributed by atoms with Crippen LogP contribution in [-0.2, 0) is 6.54 Å². The second-order valence-corrected chi connectivity index (χ2v) is 5.10. The SMILES string of the molecule is CCN(CCNCc1ccc(Cl)cc1)C1CC1. The zero-order chi connectivity index (χ0) is 12.1. The van der Waals surface area contributed by atoms with Gasteiger partial charge in [-0.15, -0.1) is 0 Å². The highest BCUT2D eigenvalue weighted by atomic mass is 35.5. The average molecular weight is 253 g/mol. The summed E-state index contributed by atoms with van der Waals surface area (Å²) >= 11 is 5.85. The summed E-state index contributed by atoms with van der Waals surface area (Å²) in [5.74, 6) is 0. The first-order valence-electron chi connectivity index (χ1n) is 6.49. The van der Waals surface area contributed by atoms with Crippen molar-refractivity contribution in [1.29, 1.82) is 0 Å². The summed E-state index contributed by atoms with van der Waals surface area (Å²) in [6, 6.07) is 8.92. The standard InChI is InChI=1S/C14H21ClN2/c1-2-17(14-7-8-14)10-9-16-11-12-3-5-13(15)6-4-12/h3-6,14,16H,2,7-11H2,1H3. The van der Waals surface area contributed by atoms with Gasteiger partial charge in [-0.1, -0.05) is 30.7 Å². The van der Waals surface area contributed by atoms with Crippen molar-refractivity contribution in [2.24, 2.45) is 0 Å². The van der Waals surface area contributed by atoms with E-state index in [1.165, 1.54) is 24.9 Å². The number of nitrogens with one attached hydrogen (secondary N) is 1. The largest absolute Gasteiger partial charge is 0.311 e. The molecule has 2 rings (SSSR count). The highest BCUT2D eigenvalue weighted by molar-refractivity contribution is 6.30. The molecule has 0 spiro atoms. The van der Waals surface area contributed by atoms with Gasteiger partial charge in [-0.05, 0) is 37.1 Å². The Morgan fingerprint density at radius 2 is 2.00 bits per heavy atom. The van der Waals surface area contributed by atoms with Crippen molar-refractivity contribution < 1.29 is 0 Å². The van der Waals surface area contributed by atoms with Gasteiger partial charge in [0.25, 0.3) is 0 Å². The molecule has 0 bridgehead atoms. The minimum absolute atomic E-state index is 0.805. The molecule has 0 aromatic heterocycles. The third kappa shape index (κ3) is 4.30. The molecule has 1 fully saturated rings. The highest BCUT2D eigenvalue weighted by Crippen LogP contribution is 2.25. The van der Waals surface area contributed by atoms with E-state index in [1.54, 1.807) is 0 Å². The van der Waals surface area contributed by atoms with Gasteiger partial charge in [0.1, 0.15) is 0 Å². The lowest BCUT2D eigenvalue weighted by molar-refractivity contribution is 0.277. The molecule has 1 aromatic carbocycles. The number of rotatable bonds is 7. The fourth-order valence-corrected chi connectivity index (χ4v) is 2.22. The maximum absolute atomic E-state index is 5.85. The summed E-state index contributed by atoms with van der Waals surface area (Å²) in [7, 11) is 0. The summed E-state index contributed by atoms with van der Waals surface area (Å²) in [6.07, 6.45) is 2.79. The second-order valence-electron chi connectivity index (χ2n) is 4.66. The van der Waals surface area contributed by atoms with Crippen molar-refractivity contribution in [2.45, 2.75) is 32.4 Å². The van der Waals surface area contributed by atoms with Gasteiger partial charge in [-0.25, -0.2) is 0 Å². The van der Waals surface area contributed by atoms with Crippen LogP contribution in [-0.4, -0.2) is 30.6 Å². The van der Waals surface area contributed by atoms with E-state index in [-0.39, 0.29) is 0 Å². The van der Waals surface area contributed by atoms with E-state index in [0.717, 1.165) is 30.7 Å². The van der Waals surface area contributed by atoms with Crippen molar-refractivity contribution in [3.63, 3.8) is 0 Å². The Hall–Kier alpha value is -0.570. The normalized spacial score (nSPS) is 15.5. The maximum atomic E-state index is 5.85. The molecule has 0 unspecified atom stereocenters. The van der Waals surface area contributed by atoms with Crippen LogP contribution in [0.15, 0.2) is 24.3 Å². The summed E-state index contributed by atoms with van der Waals surface area (Å²) < 4.78 is 0. The summed E-state index contributed by atoms with van der Waals surface area (Å²) in [5.41, 5.74) is 1.30. The van der Waals surface area contributed by atoms with Gasteiger partial charge < -0.3 is 5.32 Å². The van der Waals surface area contributed by atoms with Crippen LogP contribution in [0.5, 0.6) is 0 Å². The molecule has 0 saturated heterocycles. The minimum Gasteiger partial charge on any atom is -0.311 e. The topological polar surface area (TPSA) is 15.3 Å². The fourth-order valence-electron chi connectivity index (χ4n) is 2.10. The first kappa shape index (κ1) is 12.9. The Morgan fingerprint density at radius 3 is 2.59 bits per heavy atom. The molecule has 1 aromatic rings. The molecular formula is C14H21ClN2. The molecular weight excluding hydrogens is 232 g/mol. The van der Waals surface area contributed by atoms with Gasteiger partial charge in [0.2, 0.25) is 0 Å². The number of hydrogen-bond acceptors (Lipinski definition) is 2. The van der Waals surface area contributed by atoms with Crippen molar-refractivity contribution >= 4 is 11.6 Å². The number of hydrogen-bond donors (Lipinski definition) is 1. The minimum atomic E-state index is 0.805. The molecule has 0 radical (unpaired) electrons. The Morgan fingerprint density at radius 1 is 1.29 bits per heavy atom. The van der Waals surface area contributed by atoms with Crippen LogP contribution in [0.2, 0.25) is 5.02 Å². The zero-order valence-corrected chi connectivity index (χ0v) is 11.2. The molecule has 2 nitrogen and oxygen atoms in total. The van der Waals surface area contributed by atoms with E-state index in [9.17, 15) is 0 Å². The molecule has 0 amide bonds. The zero-order valence-electron chi connectivity index (χ0n) is 10.5. The van der Waals surface area contributed by atoms with Crippen LogP contribution in [0.4, 0.5) is 0 Å². The third-order valence-corrected chi connectivity index (χ3v) is 3.54. The van der Waals surface area contributed by atoms with Gasteiger partial charge in [-0.2, -0.15) is 0 Å². The number of likely N-dealkylation sites (N-methyl/N-ethyl adjacent to an activating group) is 1. The predicted molar refractivity (Wildman–Crippen MR) is 73.4 cm³/mol. The number of nitrogens with zero attached hydrogens (tertiary/aromatic N) is 1. The summed E-state index contributed by atoms with van der Waals surface area (Å²) in [5, 5.41) is 4.29. The van der Waals surface area contributed by atoms with Crippen molar-refractivity contribution in [3.8, 4) is 0 Å². The Labute approximate surface area is 109 Å². The first-order chi connectivity index (χ1) is 8.29. The van der Waals surface area contributed by atoms with E-state index in [4.69, 9.17) is 11.6 Å². The van der Waals surface area contributed by atoms with Crippen LogP contribution in [0.1, 0.15) is 25.3 Å².